The first-order valence-electron chi connectivity index (χ1n) is 7.33. The summed E-state index contributed by atoms with van der Waals surface area (Å²) in [5, 5.41) is 5.26. The Bertz CT molecular complexity index is 622. The predicted molar refractivity (Wildman–Crippen MR) is 84.9 cm³/mol. The lowest BCUT2D eigenvalue weighted by atomic mass is 10.0. The molecule has 4 nitrogen and oxygen atoms in total. The molecule has 3 rings (SSSR count). The molecule has 1 saturated carbocycles. The molecule has 0 spiro atoms. The lowest BCUT2D eigenvalue weighted by Gasteiger charge is -2.13. The second-order valence-corrected chi connectivity index (χ2v) is 6.54. The highest BCUT2D eigenvalue weighted by Gasteiger charge is 2.25. The minimum absolute atomic E-state index is 0.294. The third-order valence-corrected chi connectivity index (χ3v) is 4.58. The zero-order valence-corrected chi connectivity index (χ0v) is 13.7. The van der Waals surface area contributed by atoms with Crippen molar-refractivity contribution in [3.63, 3.8) is 0 Å². The fourth-order valence-corrected chi connectivity index (χ4v) is 3.53. The molecule has 0 amide bonds. The predicted octanol–water partition coefficient (Wildman–Crippen LogP) is 4.89. The van der Waals surface area contributed by atoms with Crippen molar-refractivity contribution >= 4 is 23.2 Å². The SMILES string of the molecule is CC(C)n1cc(-c2nc(Cl)c(C3CCCC3)c(Cl)n2)cn1. The summed E-state index contributed by atoms with van der Waals surface area (Å²) in [5.41, 5.74) is 1.75. The molecule has 0 atom stereocenters. The van der Waals surface area contributed by atoms with E-state index in [0.717, 1.165) is 24.0 Å². The Balaban J connectivity index is 1.97. The molecule has 112 valence electrons. The van der Waals surface area contributed by atoms with E-state index in [4.69, 9.17) is 23.2 Å². The van der Waals surface area contributed by atoms with E-state index < -0.39 is 0 Å². The molecule has 0 N–H and O–H groups in total. The van der Waals surface area contributed by atoms with Crippen molar-refractivity contribution in [3.8, 4) is 11.4 Å². The van der Waals surface area contributed by atoms with Crippen molar-refractivity contribution in [2.24, 2.45) is 0 Å². The van der Waals surface area contributed by atoms with Crippen LogP contribution in [0, 0.1) is 0 Å². The Morgan fingerprint density at radius 3 is 2.29 bits per heavy atom. The molecule has 2 aromatic rings. The number of nitrogens with zero attached hydrogens (tertiary/aromatic N) is 4. The van der Waals surface area contributed by atoms with Gasteiger partial charge in [0.1, 0.15) is 10.3 Å². The molecule has 1 aliphatic carbocycles. The molecule has 2 aromatic heterocycles. The van der Waals surface area contributed by atoms with E-state index in [9.17, 15) is 0 Å². The number of halogens is 2. The minimum atomic E-state index is 0.294. The molecule has 0 saturated heterocycles. The topological polar surface area (TPSA) is 43.6 Å². The average Bonchev–Trinajstić information content (AvgIpc) is 3.09. The molecular weight excluding hydrogens is 307 g/mol. The Labute approximate surface area is 134 Å². The first kappa shape index (κ1) is 14.8. The molecule has 0 radical (unpaired) electrons. The molecule has 1 aliphatic rings. The van der Waals surface area contributed by atoms with E-state index in [-0.39, 0.29) is 0 Å². The Hall–Kier alpha value is -1.13. The number of hydrogen-bond donors (Lipinski definition) is 0. The molecule has 6 heteroatoms. The van der Waals surface area contributed by atoms with Crippen LogP contribution >= 0.6 is 23.2 Å². The van der Waals surface area contributed by atoms with E-state index in [1.54, 1.807) is 6.20 Å². The van der Waals surface area contributed by atoms with Gasteiger partial charge in [0.05, 0.1) is 11.8 Å². The van der Waals surface area contributed by atoms with Gasteiger partial charge in [-0.3, -0.25) is 4.68 Å². The molecular formula is C15H18Cl2N4. The van der Waals surface area contributed by atoms with Crippen LogP contribution in [-0.4, -0.2) is 19.7 Å². The van der Waals surface area contributed by atoms with E-state index >= 15 is 0 Å². The van der Waals surface area contributed by atoms with Gasteiger partial charge in [-0.2, -0.15) is 5.10 Å². The van der Waals surface area contributed by atoms with Crippen molar-refractivity contribution in [2.45, 2.75) is 51.5 Å². The molecule has 1 fully saturated rings. The summed E-state index contributed by atoms with van der Waals surface area (Å²) >= 11 is 12.7. The number of hydrogen-bond acceptors (Lipinski definition) is 3. The zero-order valence-electron chi connectivity index (χ0n) is 12.2. The maximum absolute atomic E-state index is 6.37. The van der Waals surface area contributed by atoms with Crippen LogP contribution in [-0.2, 0) is 0 Å². The molecule has 2 heterocycles. The molecule has 21 heavy (non-hydrogen) atoms. The zero-order chi connectivity index (χ0) is 15.0. The summed E-state index contributed by atoms with van der Waals surface area (Å²) < 4.78 is 1.87. The first-order valence-corrected chi connectivity index (χ1v) is 8.09. The minimum Gasteiger partial charge on any atom is -0.270 e. The van der Waals surface area contributed by atoms with Gasteiger partial charge >= 0.3 is 0 Å². The largest absolute Gasteiger partial charge is 0.270 e. The molecule has 0 unspecified atom stereocenters. The van der Waals surface area contributed by atoms with Crippen LogP contribution in [0.1, 0.15) is 57.1 Å². The summed E-state index contributed by atoms with van der Waals surface area (Å²) in [6.07, 6.45) is 8.35. The van der Waals surface area contributed by atoms with E-state index in [0.29, 0.717) is 28.1 Å². The lowest BCUT2D eigenvalue weighted by molar-refractivity contribution is 0.532. The highest BCUT2D eigenvalue weighted by atomic mass is 35.5. The van der Waals surface area contributed by atoms with E-state index in [1.165, 1.54) is 12.8 Å². The summed E-state index contributed by atoms with van der Waals surface area (Å²) in [6, 6.07) is 0.294. The summed E-state index contributed by atoms with van der Waals surface area (Å²) in [7, 11) is 0. The van der Waals surface area contributed by atoms with Crippen LogP contribution in [0.15, 0.2) is 12.4 Å². The Morgan fingerprint density at radius 2 is 1.76 bits per heavy atom. The van der Waals surface area contributed by atoms with Gasteiger partial charge in [0, 0.05) is 17.8 Å². The maximum Gasteiger partial charge on any atom is 0.165 e. The van der Waals surface area contributed by atoms with Crippen molar-refractivity contribution in [1.82, 2.24) is 19.7 Å². The van der Waals surface area contributed by atoms with Crippen molar-refractivity contribution in [2.75, 3.05) is 0 Å². The summed E-state index contributed by atoms with van der Waals surface area (Å²) in [5.74, 6) is 0.941. The first-order chi connectivity index (χ1) is 10.1. The standard InChI is InChI=1S/C15H18Cl2N4/c1-9(2)21-8-11(7-18-21)15-19-13(16)12(14(17)20-15)10-5-3-4-6-10/h7-10H,3-6H2,1-2H3. The molecule has 0 aliphatic heterocycles. The highest BCUT2D eigenvalue weighted by molar-refractivity contribution is 6.34. The fourth-order valence-electron chi connectivity index (χ4n) is 2.83. The van der Waals surface area contributed by atoms with Crippen LogP contribution in [0.3, 0.4) is 0 Å². The van der Waals surface area contributed by atoms with Crippen molar-refractivity contribution < 1.29 is 0 Å². The second kappa shape index (κ2) is 5.93. The van der Waals surface area contributed by atoms with Crippen LogP contribution in [0.4, 0.5) is 0 Å². The number of rotatable bonds is 3. The van der Waals surface area contributed by atoms with Gasteiger partial charge in [-0.25, -0.2) is 9.97 Å². The Kier molecular flexibility index (Phi) is 4.18. The van der Waals surface area contributed by atoms with E-state index in [2.05, 4.69) is 28.9 Å². The fraction of sp³-hybridized carbons (Fsp3) is 0.533. The second-order valence-electron chi connectivity index (χ2n) is 5.83. The molecule has 0 bridgehead atoms. The van der Waals surface area contributed by atoms with Gasteiger partial charge in [0.15, 0.2) is 5.82 Å². The van der Waals surface area contributed by atoms with Crippen LogP contribution in [0.2, 0.25) is 10.3 Å². The monoisotopic (exact) mass is 324 g/mol. The third kappa shape index (κ3) is 2.92. The van der Waals surface area contributed by atoms with Gasteiger partial charge in [-0.15, -0.1) is 0 Å². The van der Waals surface area contributed by atoms with Gasteiger partial charge in [0.25, 0.3) is 0 Å². The average molecular weight is 325 g/mol. The van der Waals surface area contributed by atoms with Crippen molar-refractivity contribution in [3.05, 3.63) is 28.3 Å². The Morgan fingerprint density at radius 1 is 1.14 bits per heavy atom. The lowest BCUT2D eigenvalue weighted by Crippen LogP contribution is -2.02. The molecule has 0 aromatic carbocycles. The quantitative estimate of drug-likeness (QED) is 0.755. The van der Waals surface area contributed by atoms with Crippen LogP contribution < -0.4 is 0 Å². The number of aromatic nitrogens is 4. The highest BCUT2D eigenvalue weighted by Crippen LogP contribution is 2.40. The van der Waals surface area contributed by atoms with Crippen molar-refractivity contribution in [1.29, 1.82) is 0 Å². The smallest absolute Gasteiger partial charge is 0.165 e. The van der Waals surface area contributed by atoms with Gasteiger partial charge < -0.3 is 0 Å². The van der Waals surface area contributed by atoms with Gasteiger partial charge in [0.2, 0.25) is 0 Å². The third-order valence-electron chi connectivity index (χ3n) is 4.00. The van der Waals surface area contributed by atoms with Crippen LogP contribution in [0.25, 0.3) is 11.4 Å². The maximum atomic E-state index is 6.37. The summed E-state index contributed by atoms with van der Waals surface area (Å²) in [4.78, 5) is 8.88. The summed E-state index contributed by atoms with van der Waals surface area (Å²) in [6.45, 7) is 4.14. The van der Waals surface area contributed by atoms with Gasteiger partial charge in [-0.1, -0.05) is 36.0 Å². The van der Waals surface area contributed by atoms with Gasteiger partial charge in [-0.05, 0) is 32.6 Å². The van der Waals surface area contributed by atoms with E-state index in [1.807, 2.05) is 10.9 Å². The normalized spacial score (nSPS) is 16.0. The van der Waals surface area contributed by atoms with Crippen LogP contribution in [0.5, 0.6) is 0 Å².